The summed E-state index contributed by atoms with van der Waals surface area (Å²) >= 11 is 0. The van der Waals surface area contributed by atoms with Crippen molar-refractivity contribution in [3.63, 3.8) is 0 Å². The van der Waals surface area contributed by atoms with Gasteiger partial charge in [0.05, 0.1) is 13.2 Å². The topological polar surface area (TPSA) is 59.6 Å². The number of hydrogen-bond donors (Lipinski definition) is 2. The van der Waals surface area contributed by atoms with E-state index >= 15 is 0 Å². The number of carbonyl (C=O) groups is 1. The summed E-state index contributed by atoms with van der Waals surface area (Å²) in [6.45, 7) is 3.46. The zero-order valence-corrected chi connectivity index (χ0v) is 14.8. The number of rotatable bonds is 10. The van der Waals surface area contributed by atoms with E-state index in [0.717, 1.165) is 24.3 Å². The Hall–Kier alpha value is -2.37. The first-order valence-corrected chi connectivity index (χ1v) is 8.48. The zero-order chi connectivity index (χ0) is 17.9. The summed E-state index contributed by atoms with van der Waals surface area (Å²) in [5, 5.41) is 6.22. The SMILES string of the molecule is COCCO[C@H](C)C(=O)Nc1ccc(NCCc2ccccc2)cc1. The van der Waals surface area contributed by atoms with Crippen molar-refractivity contribution in [1.29, 1.82) is 0 Å². The van der Waals surface area contributed by atoms with E-state index < -0.39 is 6.10 Å². The van der Waals surface area contributed by atoms with Crippen LogP contribution >= 0.6 is 0 Å². The van der Waals surface area contributed by atoms with Gasteiger partial charge < -0.3 is 20.1 Å². The van der Waals surface area contributed by atoms with E-state index in [1.807, 2.05) is 42.5 Å². The fourth-order valence-corrected chi connectivity index (χ4v) is 2.30. The van der Waals surface area contributed by atoms with Gasteiger partial charge in [-0.3, -0.25) is 4.79 Å². The summed E-state index contributed by atoms with van der Waals surface area (Å²) in [4.78, 5) is 12.0. The lowest BCUT2D eigenvalue weighted by Gasteiger charge is -2.13. The minimum atomic E-state index is -0.515. The van der Waals surface area contributed by atoms with Crippen molar-refractivity contribution in [3.8, 4) is 0 Å². The van der Waals surface area contributed by atoms with Gasteiger partial charge in [0.2, 0.25) is 0 Å². The summed E-state index contributed by atoms with van der Waals surface area (Å²) in [5.74, 6) is -0.166. The number of hydrogen-bond acceptors (Lipinski definition) is 4. The predicted molar refractivity (Wildman–Crippen MR) is 101 cm³/mol. The molecule has 0 bridgehead atoms. The maximum atomic E-state index is 12.0. The van der Waals surface area contributed by atoms with Crippen molar-refractivity contribution < 1.29 is 14.3 Å². The van der Waals surface area contributed by atoms with Crippen molar-refractivity contribution in [2.24, 2.45) is 0 Å². The maximum absolute atomic E-state index is 12.0. The Balaban J connectivity index is 1.74. The molecule has 5 nitrogen and oxygen atoms in total. The molecule has 0 heterocycles. The number of carbonyl (C=O) groups excluding carboxylic acids is 1. The van der Waals surface area contributed by atoms with E-state index in [1.165, 1.54) is 5.56 Å². The van der Waals surface area contributed by atoms with Gasteiger partial charge in [-0.1, -0.05) is 30.3 Å². The summed E-state index contributed by atoms with van der Waals surface area (Å²) in [6, 6.07) is 18.0. The summed E-state index contributed by atoms with van der Waals surface area (Å²) in [7, 11) is 1.60. The summed E-state index contributed by atoms with van der Waals surface area (Å²) in [5.41, 5.74) is 3.08. The molecule has 0 radical (unpaired) electrons. The Kier molecular flexibility index (Phi) is 7.95. The Morgan fingerprint density at radius 2 is 1.68 bits per heavy atom. The Bertz CT molecular complexity index is 629. The van der Waals surface area contributed by atoms with Gasteiger partial charge in [-0.25, -0.2) is 0 Å². The number of amides is 1. The van der Waals surface area contributed by atoms with Gasteiger partial charge >= 0.3 is 0 Å². The second-order valence-corrected chi connectivity index (χ2v) is 5.73. The quantitative estimate of drug-likeness (QED) is 0.650. The van der Waals surface area contributed by atoms with Gasteiger partial charge in [-0.05, 0) is 43.2 Å². The molecule has 0 spiro atoms. The van der Waals surface area contributed by atoms with Crippen LogP contribution in [-0.4, -0.2) is 38.9 Å². The largest absolute Gasteiger partial charge is 0.385 e. The van der Waals surface area contributed by atoms with Crippen LogP contribution < -0.4 is 10.6 Å². The highest BCUT2D eigenvalue weighted by molar-refractivity contribution is 5.94. The molecule has 2 aromatic carbocycles. The predicted octanol–water partition coefficient (Wildman–Crippen LogP) is 3.33. The lowest BCUT2D eigenvalue weighted by atomic mass is 10.1. The molecule has 0 saturated carbocycles. The first kappa shape index (κ1) is 19.0. The highest BCUT2D eigenvalue weighted by atomic mass is 16.5. The Morgan fingerprint density at radius 1 is 1.00 bits per heavy atom. The molecule has 0 unspecified atom stereocenters. The normalized spacial score (nSPS) is 11.8. The molecule has 0 saturated heterocycles. The van der Waals surface area contributed by atoms with Crippen molar-refractivity contribution in [2.75, 3.05) is 37.5 Å². The first-order chi connectivity index (χ1) is 12.2. The molecule has 5 heteroatoms. The third kappa shape index (κ3) is 6.95. The van der Waals surface area contributed by atoms with Crippen molar-refractivity contribution in [3.05, 3.63) is 60.2 Å². The molecule has 2 aromatic rings. The van der Waals surface area contributed by atoms with Gasteiger partial charge in [-0.2, -0.15) is 0 Å². The third-order valence-electron chi connectivity index (χ3n) is 3.76. The summed E-state index contributed by atoms with van der Waals surface area (Å²) < 4.78 is 10.3. The molecule has 0 aliphatic carbocycles. The van der Waals surface area contributed by atoms with E-state index in [4.69, 9.17) is 9.47 Å². The number of nitrogens with one attached hydrogen (secondary N) is 2. The molecule has 2 N–H and O–H groups in total. The Morgan fingerprint density at radius 3 is 2.36 bits per heavy atom. The molecule has 0 aliphatic rings. The number of methoxy groups -OCH3 is 1. The third-order valence-corrected chi connectivity index (χ3v) is 3.76. The standard InChI is InChI=1S/C20H26N2O3/c1-16(25-15-14-24-2)20(23)22-19-10-8-18(9-11-19)21-13-12-17-6-4-3-5-7-17/h3-11,16,21H,12-15H2,1-2H3,(H,22,23)/t16-/m1/s1. The molecule has 1 atom stereocenters. The van der Waals surface area contributed by atoms with Crippen molar-refractivity contribution >= 4 is 17.3 Å². The minimum Gasteiger partial charge on any atom is -0.385 e. The van der Waals surface area contributed by atoms with Crippen LogP contribution in [0.4, 0.5) is 11.4 Å². The van der Waals surface area contributed by atoms with Crippen molar-refractivity contribution in [1.82, 2.24) is 0 Å². The van der Waals surface area contributed by atoms with Gasteiger partial charge in [0.25, 0.3) is 5.91 Å². The molecule has 134 valence electrons. The van der Waals surface area contributed by atoms with E-state index in [0.29, 0.717) is 13.2 Å². The molecule has 0 fully saturated rings. The molecule has 0 aliphatic heterocycles. The lowest BCUT2D eigenvalue weighted by molar-refractivity contribution is -0.127. The molecule has 0 aromatic heterocycles. The maximum Gasteiger partial charge on any atom is 0.253 e. The van der Waals surface area contributed by atoms with Crippen LogP contribution in [-0.2, 0) is 20.7 Å². The smallest absolute Gasteiger partial charge is 0.253 e. The average Bonchev–Trinajstić information content (AvgIpc) is 2.64. The van der Waals surface area contributed by atoms with E-state index in [-0.39, 0.29) is 5.91 Å². The van der Waals surface area contributed by atoms with Crippen LogP contribution in [0.5, 0.6) is 0 Å². The van der Waals surface area contributed by atoms with E-state index in [1.54, 1.807) is 14.0 Å². The average molecular weight is 342 g/mol. The van der Waals surface area contributed by atoms with Crippen molar-refractivity contribution in [2.45, 2.75) is 19.4 Å². The van der Waals surface area contributed by atoms with Gasteiger partial charge in [0, 0.05) is 25.0 Å². The number of ether oxygens (including phenoxy) is 2. The lowest BCUT2D eigenvalue weighted by Crippen LogP contribution is -2.28. The monoisotopic (exact) mass is 342 g/mol. The van der Waals surface area contributed by atoms with Crippen LogP contribution in [0.1, 0.15) is 12.5 Å². The van der Waals surface area contributed by atoms with Crippen LogP contribution in [0.15, 0.2) is 54.6 Å². The molecule has 25 heavy (non-hydrogen) atoms. The second-order valence-electron chi connectivity index (χ2n) is 5.73. The van der Waals surface area contributed by atoms with Gasteiger partial charge in [-0.15, -0.1) is 0 Å². The fraction of sp³-hybridized carbons (Fsp3) is 0.350. The molecule has 1 amide bonds. The minimum absolute atomic E-state index is 0.166. The number of anilines is 2. The molecular formula is C20H26N2O3. The second kappa shape index (κ2) is 10.5. The van der Waals surface area contributed by atoms with Crippen LogP contribution in [0, 0.1) is 0 Å². The number of benzene rings is 2. The highest BCUT2D eigenvalue weighted by Gasteiger charge is 2.13. The van der Waals surface area contributed by atoms with Crippen LogP contribution in [0.2, 0.25) is 0 Å². The van der Waals surface area contributed by atoms with Gasteiger partial charge in [0.1, 0.15) is 6.10 Å². The van der Waals surface area contributed by atoms with Gasteiger partial charge in [0.15, 0.2) is 0 Å². The molecule has 2 rings (SSSR count). The van der Waals surface area contributed by atoms with Crippen LogP contribution in [0.3, 0.4) is 0 Å². The first-order valence-electron chi connectivity index (χ1n) is 8.48. The Labute approximate surface area is 149 Å². The highest BCUT2D eigenvalue weighted by Crippen LogP contribution is 2.14. The fourth-order valence-electron chi connectivity index (χ4n) is 2.30. The zero-order valence-electron chi connectivity index (χ0n) is 14.8. The van der Waals surface area contributed by atoms with E-state index in [9.17, 15) is 4.79 Å². The summed E-state index contributed by atoms with van der Waals surface area (Å²) in [6.07, 6.45) is 0.453. The van der Waals surface area contributed by atoms with E-state index in [2.05, 4.69) is 22.8 Å². The van der Waals surface area contributed by atoms with Crippen LogP contribution in [0.25, 0.3) is 0 Å². The molecular weight excluding hydrogens is 316 g/mol.